The molecule has 6 nitrogen and oxygen atoms in total. The number of nitrogens with zero attached hydrogens (tertiary/aromatic N) is 2. The molecule has 0 aliphatic rings. The third kappa shape index (κ3) is 4.08. The molecule has 2 rings (SSSR count). The summed E-state index contributed by atoms with van der Waals surface area (Å²) in [6, 6.07) is 7.67. The summed E-state index contributed by atoms with van der Waals surface area (Å²) >= 11 is 0. The normalized spacial score (nSPS) is 10.3. The van der Waals surface area contributed by atoms with Crippen LogP contribution >= 0.6 is 0 Å². The molecule has 0 spiro atoms. The van der Waals surface area contributed by atoms with Crippen LogP contribution in [0.3, 0.4) is 0 Å². The maximum Gasteiger partial charge on any atom is 0.235 e. The molecule has 0 aliphatic carbocycles. The first-order chi connectivity index (χ1) is 9.67. The Morgan fingerprint density at radius 1 is 1.30 bits per heavy atom. The highest BCUT2D eigenvalue weighted by molar-refractivity contribution is 5.76. The molecule has 2 aromatic rings. The van der Waals surface area contributed by atoms with E-state index in [1.54, 1.807) is 14.0 Å². The average molecular weight is 275 g/mol. The summed E-state index contributed by atoms with van der Waals surface area (Å²) in [5.74, 6) is 1.68. The van der Waals surface area contributed by atoms with Crippen LogP contribution in [0, 0.1) is 6.92 Å². The summed E-state index contributed by atoms with van der Waals surface area (Å²) in [7, 11) is 1.63. The minimum Gasteiger partial charge on any atom is -0.497 e. The van der Waals surface area contributed by atoms with Crippen molar-refractivity contribution in [1.82, 2.24) is 15.5 Å². The minimum absolute atomic E-state index is 0.0447. The van der Waals surface area contributed by atoms with Gasteiger partial charge in [-0.3, -0.25) is 4.79 Å². The molecule has 1 aromatic carbocycles. The fraction of sp³-hybridized carbons (Fsp3) is 0.357. The number of nitrogens with one attached hydrogen (secondary N) is 1. The van der Waals surface area contributed by atoms with Crippen molar-refractivity contribution in [2.75, 3.05) is 7.11 Å². The largest absolute Gasteiger partial charge is 0.497 e. The van der Waals surface area contributed by atoms with Gasteiger partial charge in [0.25, 0.3) is 0 Å². The first kappa shape index (κ1) is 14.0. The molecule has 20 heavy (non-hydrogen) atoms. The Bertz CT molecular complexity index is 563. The van der Waals surface area contributed by atoms with Gasteiger partial charge >= 0.3 is 0 Å². The van der Waals surface area contributed by atoms with Crippen LogP contribution in [0.4, 0.5) is 0 Å². The monoisotopic (exact) mass is 275 g/mol. The molecule has 0 atom stereocenters. The van der Waals surface area contributed by atoms with E-state index in [9.17, 15) is 4.79 Å². The van der Waals surface area contributed by atoms with Gasteiger partial charge in [0.1, 0.15) is 5.75 Å². The van der Waals surface area contributed by atoms with Gasteiger partial charge < -0.3 is 14.5 Å². The van der Waals surface area contributed by atoms with Crippen LogP contribution in [0.5, 0.6) is 5.75 Å². The first-order valence-electron chi connectivity index (χ1n) is 6.36. The van der Waals surface area contributed by atoms with Gasteiger partial charge in [-0.1, -0.05) is 12.1 Å². The summed E-state index contributed by atoms with van der Waals surface area (Å²) in [6.07, 6.45) is 1.10. The smallest absolute Gasteiger partial charge is 0.235 e. The number of aryl methyl sites for hydroxylation is 2. The van der Waals surface area contributed by atoms with Crippen LogP contribution in [-0.2, 0) is 17.8 Å². The van der Waals surface area contributed by atoms with Gasteiger partial charge in [0.2, 0.25) is 17.7 Å². The number of rotatable bonds is 6. The molecule has 0 saturated heterocycles. The Morgan fingerprint density at radius 2 is 2.05 bits per heavy atom. The summed E-state index contributed by atoms with van der Waals surface area (Å²) < 4.78 is 10.3. The number of benzene rings is 1. The molecule has 1 amide bonds. The van der Waals surface area contributed by atoms with Crippen LogP contribution in [0.15, 0.2) is 28.7 Å². The zero-order valence-corrected chi connectivity index (χ0v) is 11.5. The fourth-order valence-electron chi connectivity index (χ4n) is 1.72. The van der Waals surface area contributed by atoms with E-state index < -0.39 is 0 Å². The lowest BCUT2D eigenvalue weighted by atomic mass is 10.1. The Morgan fingerprint density at radius 3 is 2.65 bits per heavy atom. The van der Waals surface area contributed by atoms with Crippen molar-refractivity contribution < 1.29 is 13.9 Å². The number of carbonyl (C=O) groups excluding carboxylic acids is 1. The predicted molar refractivity (Wildman–Crippen MR) is 72.2 cm³/mol. The van der Waals surface area contributed by atoms with Crippen LogP contribution in [0.1, 0.15) is 23.8 Å². The molecule has 0 bridgehead atoms. The number of hydrogen-bond donors (Lipinski definition) is 1. The lowest BCUT2D eigenvalue weighted by Gasteiger charge is -2.04. The van der Waals surface area contributed by atoms with Crippen molar-refractivity contribution in [3.05, 3.63) is 41.6 Å². The van der Waals surface area contributed by atoms with E-state index in [-0.39, 0.29) is 12.5 Å². The third-order valence-electron chi connectivity index (χ3n) is 2.80. The molecular formula is C14H17N3O3. The molecule has 1 aromatic heterocycles. The fourth-order valence-corrected chi connectivity index (χ4v) is 1.72. The van der Waals surface area contributed by atoms with Gasteiger partial charge in [-0.05, 0) is 24.1 Å². The number of carbonyl (C=O) groups is 1. The minimum atomic E-state index is -0.0447. The number of amides is 1. The molecule has 106 valence electrons. The number of aromatic nitrogens is 2. The molecular weight excluding hydrogens is 258 g/mol. The van der Waals surface area contributed by atoms with Gasteiger partial charge in [0, 0.05) is 13.3 Å². The number of hydrogen-bond acceptors (Lipinski definition) is 5. The lowest BCUT2D eigenvalue weighted by molar-refractivity contribution is -0.121. The van der Waals surface area contributed by atoms with Gasteiger partial charge in [0.15, 0.2) is 0 Å². The van der Waals surface area contributed by atoms with Crippen LogP contribution in [0.2, 0.25) is 0 Å². The maximum absolute atomic E-state index is 11.7. The average Bonchev–Trinajstić information content (AvgIpc) is 2.89. The van der Waals surface area contributed by atoms with Gasteiger partial charge in [-0.25, -0.2) is 0 Å². The molecule has 0 fully saturated rings. The second-order valence-corrected chi connectivity index (χ2v) is 4.34. The Balaban J connectivity index is 1.74. The summed E-state index contributed by atoms with van der Waals surface area (Å²) in [4.78, 5) is 11.7. The summed E-state index contributed by atoms with van der Waals surface area (Å²) in [6.45, 7) is 1.98. The molecule has 0 radical (unpaired) electrons. The van der Waals surface area contributed by atoms with Crippen LogP contribution < -0.4 is 10.1 Å². The maximum atomic E-state index is 11.7. The van der Waals surface area contributed by atoms with E-state index in [1.165, 1.54) is 0 Å². The topological polar surface area (TPSA) is 77.2 Å². The number of methoxy groups -OCH3 is 1. The lowest BCUT2D eigenvalue weighted by Crippen LogP contribution is -2.23. The molecule has 6 heteroatoms. The van der Waals surface area contributed by atoms with Gasteiger partial charge in [-0.2, -0.15) is 0 Å². The van der Waals surface area contributed by atoms with Crippen molar-refractivity contribution in [3.63, 3.8) is 0 Å². The second-order valence-electron chi connectivity index (χ2n) is 4.34. The van der Waals surface area contributed by atoms with Gasteiger partial charge in [-0.15, -0.1) is 10.2 Å². The van der Waals surface area contributed by atoms with Crippen molar-refractivity contribution >= 4 is 5.91 Å². The van der Waals surface area contributed by atoms with Crippen molar-refractivity contribution in [2.24, 2.45) is 0 Å². The second kappa shape index (κ2) is 6.70. The predicted octanol–water partition coefficient (Wildman–Crippen LogP) is 1.64. The van der Waals surface area contributed by atoms with Crippen LogP contribution in [-0.4, -0.2) is 23.2 Å². The highest BCUT2D eigenvalue weighted by atomic mass is 16.5. The molecule has 0 saturated carbocycles. The van der Waals surface area contributed by atoms with E-state index in [4.69, 9.17) is 9.15 Å². The third-order valence-corrected chi connectivity index (χ3v) is 2.80. The Kier molecular flexibility index (Phi) is 4.70. The summed E-state index contributed by atoms with van der Waals surface area (Å²) in [5.41, 5.74) is 1.09. The molecule has 0 unspecified atom stereocenters. The molecule has 1 N–H and O–H groups in total. The van der Waals surface area contributed by atoms with E-state index >= 15 is 0 Å². The van der Waals surface area contributed by atoms with Crippen molar-refractivity contribution in [2.45, 2.75) is 26.3 Å². The zero-order chi connectivity index (χ0) is 14.4. The zero-order valence-electron chi connectivity index (χ0n) is 11.5. The van der Waals surface area contributed by atoms with Crippen LogP contribution in [0.25, 0.3) is 0 Å². The van der Waals surface area contributed by atoms with Crippen molar-refractivity contribution in [3.8, 4) is 5.75 Å². The van der Waals surface area contributed by atoms with E-state index in [2.05, 4.69) is 15.5 Å². The van der Waals surface area contributed by atoms with Crippen molar-refractivity contribution in [1.29, 1.82) is 0 Å². The standard InChI is InChI=1S/C14H17N3O3/c1-10-16-17-14(20-10)9-15-13(18)8-5-11-3-6-12(19-2)7-4-11/h3-4,6-7H,5,8-9H2,1-2H3,(H,15,18). The SMILES string of the molecule is COc1ccc(CCC(=O)NCc2nnc(C)o2)cc1. The number of ether oxygens (including phenoxy) is 1. The highest BCUT2D eigenvalue weighted by Gasteiger charge is 2.06. The Hall–Kier alpha value is -2.37. The molecule has 1 heterocycles. The highest BCUT2D eigenvalue weighted by Crippen LogP contribution is 2.12. The van der Waals surface area contributed by atoms with E-state index in [0.717, 1.165) is 11.3 Å². The Labute approximate surface area is 117 Å². The van der Waals surface area contributed by atoms with Gasteiger partial charge in [0.05, 0.1) is 13.7 Å². The molecule has 0 aliphatic heterocycles. The quantitative estimate of drug-likeness (QED) is 0.867. The van der Waals surface area contributed by atoms with E-state index in [0.29, 0.717) is 24.6 Å². The summed E-state index contributed by atoms with van der Waals surface area (Å²) in [5, 5.41) is 10.2. The van der Waals surface area contributed by atoms with E-state index in [1.807, 2.05) is 24.3 Å². The first-order valence-corrected chi connectivity index (χ1v) is 6.36.